The smallest absolute Gasteiger partial charge is 0.162 e. The van der Waals surface area contributed by atoms with E-state index in [1.807, 2.05) is 12.1 Å². The lowest BCUT2D eigenvalue weighted by Gasteiger charge is -2.40. The van der Waals surface area contributed by atoms with Gasteiger partial charge in [0, 0.05) is 30.1 Å². The van der Waals surface area contributed by atoms with Crippen molar-refractivity contribution in [3.8, 4) is 0 Å². The van der Waals surface area contributed by atoms with E-state index < -0.39 is 0 Å². The first-order valence-corrected chi connectivity index (χ1v) is 9.74. The number of benzene rings is 2. The van der Waals surface area contributed by atoms with Crippen LogP contribution < -0.4 is 0 Å². The zero-order valence-electron chi connectivity index (χ0n) is 14.7. The third-order valence-electron chi connectivity index (χ3n) is 5.98. The molecule has 1 aliphatic heterocycles. The lowest BCUT2D eigenvalue weighted by atomic mass is 9.64. The van der Waals surface area contributed by atoms with Crippen LogP contribution in [0.25, 0.3) is 0 Å². The molecule has 4 heteroatoms. The number of hydrogen-bond donors (Lipinski definition) is 0. The van der Waals surface area contributed by atoms with E-state index in [1.54, 1.807) is 12.1 Å². The van der Waals surface area contributed by atoms with Crippen LogP contribution in [0.15, 0.2) is 48.5 Å². The SMILES string of the molecule is O=C(CCCN1CC2CC(c3ccc(Cl)cc3)C2C1)c1ccc(F)cc1. The van der Waals surface area contributed by atoms with Crippen molar-refractivity contribution in [3.63, 3.8) is 0 Å². The second kappa shape index (κ2) is 7.50. The van der Waals surface area contributed by atoms with Gasteiger partial charge in [-0.1, -0.05) is 23.7 Å². The monoisotopic (exact) mass is 371 g/mol. The van der Waals surface area contributed by atoms with Crippen molar-refractivity contribution in [2.45, 2.75) is 25.2 Å². The molecule has 0 radical (unpaired) electrons. The van der Waals surface area contributed by atoms with Crippen LogP contribution in [0.5, 0.6) is 0 Å². The summed E-state index contributed by atoms with van der Waals surface area (Å²) in [5.74, 6) is 1.99. The molecule has 1 aliphatic carbocycles. The number of halogens is 2. The molecule has 2 nitrogen and oxygen atoms in total. The molecule has 3 unspecified atom stereocenters. The first-order chi connectivity index (χ1) is 12.6. The summed E-state index contributed by atoms with van der Waals surface area (Å²) in [6.45, 7) is 3.25. The van der Waals surface area contributed by atoms with Crippen LogP contribution in [0.4, 0.5) is 4.39 Å². The number of fused-ring (bicyclic) bond motifs is 1. The predicted molar refractivity (Wildman–Crippen MR) is 102 cm³/mol. The molecule has 0 aromatic heterocycles. The summed E-state index contributed by atoms with van der Waals surface area (Å²) in [6, 6.07) is 14.1. The van der Waals surface area contributed by atoms with Gasteiger partial charge < -0.3 is 4.90 Å². The molecule has 2 aliphatic rings. The van der Waals surface area contributed by atoms with Crippen molar-refractivity contribution in [3.05, 3.63) is 70.5 Å². The highest BCUT2D eigenvalue weighted by Gasteiger charge is 2.47. The van der Waals surface area contributed by atoms with E-state index in [-0.39, 0.29) is 11.6 Å². The Hall–Kier alpha value is -1.71. The molecule has 136 valence electrons. The van der Waals surface area contributed by atoms with Gasteiger partial charge in [0.25, 0.3) is 0 Å². The highest BCUT2D eigenvalue weighted by molar-refractivity contribution is 6.30. The number of likely N-dealkylation sites (tertiary alicyclic amines) is 1. The van der Waals surface area contributed by atoms with E-state index in [2.05, 4.69) is 17.0 Å². The van der Waals surface area contributed by atoms with Crippen molar-refractivity contribution >= 4 is 17.4 Å². The van der Waals surface area contributed by atoms with E-state index in [0.717, 1.165) is 42.9 Å². The van der Waals surface area contributed by atoms with Crippen LogP contribution in [0.2, 0.25) is 5.02 Å². The van der Waals surface area contributed by atoms with Crippen molar-refractivity contribution < 1.29 is 9.18 Å². The Morgan fingerprint density at radius 3 is 2.54 bits per heavy atom. The number of carbonyl (C=O) groups excluding carboxylic acids is 1. The number of rotatable bonds is 6. The number of Topliss-reactive ketones (excluding diaryl/α,β-unsaturated/α-hetero) is 1. The average Bonchev–Trinajstić information content (AvgIpc) is 2.94. The second-order valence-electron chi connectivity index (χ2n) is 7.61. The number of nitrogens with zero attached hydrogens (tertiary/aromatic N) is 1. The fourth-order valence-electron chi connectivity index (χ4n) is 4.52. The molecule has 2 aromatic carbocycles. The van der Waals surface area contributed by atoms with Gasteiger partial charge >= 0.3 is 0 Å². The van der Waals surface area contributed by atoms with Crippen LogP contribution in [0, 0.1) is 17.7 Å². The topological polar surface area (TPSA) is 20.3 Å². The zero-order valence-corrected chi connectivity index (χ0v) is 15.5. The van der Waals surface area contributed by atoms with Gasteiger partial charge in [-0.05, 0) is 79.1 Å². The van der Waals surface area contributed by atoms with Crippen molar-refractivity contribution in [2.24, 2.45) is 11.8 Å². The fourth-order valence-corrected chi connectivity index (χ4v) is 4.64. The number of hydrogen-bond acceptors (Lipinski definition) is 2. The summed E-state index contributed by atoms with van der Waals surface area (Å²) in [4.78, 5) is 14.7. The minimum atomic E-state index is -0.302. The Bertz CT molecular complexity index is 774. The van der Waals surface area contributed by atoms with Gasteiger partial charge in [0.15, 0.2) is 5.78 Å². The van der Waals surface area contributed by atoms with Gasteiger partial charge in [-0.2, -0.15) is 0 Å². The molecule has 0 N–H and O–H groups in total. The molecule has 1 saturated carbocycles. The molecule has 3 atom stereocenters. The normalized spacial score (nSPS) is 24.9. The Kier molecular flexibility index (Phi) is 5.10. The van der Waals surface area contributed by atoms with E-state index in [4.69, 9.17) is 11.6 Å². The summed E-state index contributed by atoms with van der Waals surface area (Å²) in [6.07, 6.45) is 2.65. The van der Waals surface area contributed by atoms with Crippen LogP contribution in [-0.2, 0) is 0 Å². The standard InChI is InChI=1S/C22H23ClFNO/c23-18-7-3-15(4-8-18)20-12-17-13-25(14-21(17)20)11-1-2-22(26)16-5-9-19(24)10-6-16/h3-10,17,20-21H,1-2,11-14H2. The average molecular weight is 372 g/mol. The van der Waals surface area contributed by atoms with Crippen LogP contribution in [0.1, 0.15) is 41.1 Å². The molecule has 0 amide bonds. The van der Waals surface area contributed by atoms with Crippen LogP contribution in [-0.4, -0.2) is 30.3 Å². The molecule has 2 fully saturated rings. The molecule has 1 saturated heterocycles. The Labute approximate surface area is 159 Å². The van der Waals surface area contributed by atoms with Gasteiger partial charge in [0.2, 0.25) is 0 Å². The first kappa shape index (κ1) is 17.7. The van der Waals surface area contributed by atoms with Crippen LogP contribution >= 0.6 is 11.6 Å². The summed E-state index contributed by atoms with van der Waals surface area (Å²) in [5.41, 5.74) is 2.01. The summed E-state index contributed by atoms with van der Waals surface area (Å²) in [5, 5.41) is 0.795. The van der Waals surface area contributed by atoms with E-state index in [9.17, 15) is 9.18 Å². The van der Waals surface area contributed by atoms with Crippen molar-refractivity contribution in [2.75, 3.05) is 19.6 Å². The minimum Gasteiger partial charge on any atom is -0.303 e. The predicted octanol–water partition coefficient (Wildman–Crippen LogP) is 5.18. The lowest BCUT2D eigenvalue weighted by Crippen LogP contribution is -2.33. The van der Waals surface area contributed by atoms with Crippen molar-refractivity contribution in [1.29, 1.82) is 0 Å². The third-order valence-corrected chi connectivity index (χ3v) is 6.24. The van der Waals surface area contributed by atoms with Crippen LogP contribution in [0.3, 0.4) is 0 Å². The van der Waals surface area contributed by atoms with Gasteiger partial charge in [-0.25, -0.2) is 4.39 Å². The molecular weight excluding hydrogens is 349 g/mol. The fraction of sp³-hybridized carbons (Fsp3) is 0.409. The second-order valence-corrected chi connectivity index (χ2v) is 8.05. The summed E-state index contributed by atoms with van der Waals surface area (Å²) >= 11 is 5.99. The minimum absolute atomic E-state index is 0.103. The molecule has 26 heavy (non-hydrogen) atoms. The van der Waals surface area contributed by atoms with Gasteiger partial charge in [-0.3, -0.25) is 4.79 Å². The summed E-state index contributed by atoms with van der Waals surface area (Å²) < 4.78 is 12.9. The first-order valence-electron chi connectivity index (χ1n) is 9.37. The molecule has 2 aromatic rings. The van der Waals surface area contributed by atoms with E-state index in [1.165, 1.54) is 24.1 Å². The molecular formula is C22H23ClFNO. The quantitative estimate of drug-likeness (QED) is 0.652. The molecule has 0 bridgehead atoms. The highest BCUT2D eigenvalue weighted by atomic mass is 35.5. The van der Waals surface area contributed by atoms with E-state index in [0.29, 0.717) is 17.9 Å². The highest BCUT2D eigenvalue weighted by Crippen LogP contribution is 2.51. The largest absolute Gasteiger partial charge is 0.303 e. The maximum absolute atomic E-state index is 12.9. The maximum Gasteiger partial charge on any atom is 0.162 e. The number of carbonyl (C=O) groups is 1. The van der Waals surface area contributed by atoms with Crippen molar-refractivity contribution in [1.82, 2.24) is 4.90 Å². The molecule has 4 rings (SSSR count). The zero-order chi connectivity index (χ0) is 18.1. The summed E-state index contributed by atoms with van der Waals surface area (Å²) in [7, 11) is 0. The Morgan fingerprint density at radius 2 is 1.81 bits per heavy atom. The van der Waals surface area contributed by atoms with Gasteiger partial charge in [-0.15, -0.1) is 0 Å². The number of ketones is 1. The maximum atomic E-state index is 12.9. The Balaban J connectivity index is 1.24. The van der Waals surface area contributed by atoms with E-state index >= 15 is 0 Å². The lowest BCUT2D eigenvalue weighted by molar-refractivity contribution is 0.0976. The third kappa shape index (κ3) is 3.70. The molecule has 0 spiro atoms. The Morgan fingerprint density at radius 1 is 1.08 bits per heavy atom. The molecule has 1 heterocycles. The van der Waals surface area contributed by atoms with Gasteiger partial charge in [0.1, 0.15) is 5.82 Å². The van der Waals surface area contributed by atoms with Gasteiger partial charge in [0.05, 0.1) is 0 Å².